The Bertz CT molecular complexity index is 539. The van der Waals surface area contributed by atoms with Crippen molar-refractivity contribution in [3.8, 4) is 11.5 Å². The number of hydrogen-bond acceptors (Lipinski definition) is 4. The van der Waals surface area contributed by atoms with Crippen LogP contribution in [0.15, 0.2) is 36.4 Å². The highest BCUT2D eigenvalue weighted by atomic mass is 32.1. The van der Waals surface area contributed by atoms with E-state index in [0.717, 1.165) is 31.0 Å². The van der Waals surface area contributed by atoms with Gasteiger partial charge in [0, 0.05) is 22.8 Å². The second-order valence-electron chi connectivity index (χ2n) is 4.63. The molecule has 0 aliphatic heterocycles. The maximum absolute atomic E-state index is 5.77. The van der Waals surface area contributed by atoms with E-state index in [0.29, 0.717) is 13.2 Å². The summed E-state index contributed by atoms with van der Waals surface area (Å²) in [5.41, 5.74) is 0. The minimum absolute atomic E-state index is 0.635. The summed E-state index contributed by atoms with van der Waals surface area (Å²) < 4.78 is 11.3. The summed E-state index contributed by atoms with van der Waals surface area (Å²) in [5, 5.41) is 3.41. The summed E-state index contributed by atoms with van der Waals surface area (Å²) in [6, 6.07) is 12.2. The second kappa shape index (κ2) is 8.70. The molecule has 4 heteroatoms. The summed E-state index contributed by atoms with van der Waals surface area (Å²) >= 11 is 1.87. The Morgan fingerprint density at radius 3 is 2.33 bits per heavy atom. The van der Waals surface area contributed by atoms with E-state index in [1.54, 1.807) is 0 Å². The van der Waals surface area contributed by atoms with Crippen LogP contribution in [0.1, 0.15) is 23.6 Å². The number of benzene rings is 1. The molecule has 0 unspecified atom stereocenters. The molecule has 0 amide bonds. The van der Waals surface area contributed by atoms with Crippen LogP contribution in [-0.4, -0.2) is 19.8 Å². The molecule has 1 heterocycles. The van der Waals surface area contributed by atoms with Crippen molar-refractivity contribution in [1.82, 2.24) is 5.32 Å². The molecule has 0 bridgehead atoms. The van der Waals surface area contributed by atoms with E-state index < -0.39 is 0 Å². The van der Waals surface area contributed by atoms with Gasteiger partial charge in [0.1, 0.15) is 6.61 Å². The summed E-state index contributed by atoms with van der Waals surface area (Å²) in [7, 11) is 0. The number of thiophene rings is 1. The quantitative estimate of drug-likeness (QED) is 0.713. The molecule has 0 saturated heterocycles. The summed E-state index contributed by atoms with van der Waals surface area (Å²) in [5.74, 6) is 1.62. The third kappa shape index (κ3) is 5.06. The number of nitrogens with one attached hydrogen (secondary N) is 1. The third-order valence-corrected chi connectivity index (χ3v) is 4.28. The van der Waals surface area contributed by atoms with Gasteiger partial charge in [-0.15, -0.1) is 11.3 Å². The van der Waals surface area contributed by atoms with E-state index in [2.05, 4.69) is 24.4 Å². The second-order valence-corrected chi connectivity index (χ2v) is 5.88. The topological polar surface area (TPSA) is 30.5 Å². The average molecular weight is 305 g/mol. The highest BCUT2D eigenvalue weighted by Crippen LogP contribution is 2.26. The lowest BCUT2D eigenvalue weighted by Crippen LogP contribution is -2.20. The third-order valence-electron chi connectivity index (χ3n) is 3.05. The van der Waals surface area contributed by atoms with Gasteiger partial charge in [-0.05, 0) is 37.6 Å². The lowest BCUT2D eigenvalue weighted by Gasteiger charge is -2.11. The predicted octanol–water partition coefficient (Wildman–Crippen LogP) is 3.88. The van der Waals surface area contributed by atoms with Gasteiger partial charge in [-0.25, -0.2) is 0 Å². The van der Waals surface area contributed by atoms with Gasteiger partial charge in [-0.3, -0.25) is 0 Å². The van der Waals surface area contributed by atoms with Crippen LogP contribution in [0, 0.1) is 0 Å². The number of ether oxygens (including phenoxy) is 2. The first-order chi connectivity index (χ1) is 10.3. The molecule has 2 aromatic rings. The van der Waals surface area contributed by atoms with Gasteiger partial charge in [-0.1, -0.05) is 19.1 Å². The zero-order valence-electron chi connectivity index (χ0n) is 12.7. The van der Waals surface area contributed by atoms with E-state index in [1.165, 1.54) is 9.75 Å². The maximum Gasteiger partial charge on any atom is 0.161 e. The van der Waals surface area contributed by atoms with Crippen LogP contribution >= 0.6 is 11.3 Å². The molecule has 1 aromatic heterocycles. The Kier molecular flexibility index (Phi) is 6.57. The normalized spacial score (nSPS) is 10.6. The van der Waals surface area contributed by atoms with Gasteiger partial charge < -0.3 is 14.8 Å². The summed E-state index contributed by atoms with van der Waals surface area (Å²) in [6.45, 7) is 7.17. The van der Waals surface area contributed by atoms with Crippen LogP contribution in [0.25, 0.3) is 0 Å². The molecular weight excluding hydrogens is 282 g/mol. The van der Waals surface area contributed by atoms with Crippen molar-refractivity contribution < 1.29 is 9.47 Å². The molecule has 0 radical (unpaired) electrons. The van der Waals surface area contributed by atoms with Crippen LogP contribution in [0.4, 0.5) is 0 Å². The van der Waals surface area contributed by atoms with E-state index >= 15 is 0 Å². The summed E-state index contributed by atoms with van der Waals surface area (Å²) in [4.78, 5) is 2.82. The van der Waals surface area contributed by atoms with Crippen LogP contribution in [0.2, 0.25) is 0 Å². The van der Waals surface area contributed by atoms with Crippen molar-refractivity contribution in [2.75, 3.05) is 19.8 Å². The first kappa shape index (κ1) is 15.9. The SMILES string of the molecule is CCOc1ccccc1OCCNCc1ccc(CC)s1. The smallest absolute Gasteiger partial charge is 0.161 e. The first-order valence-corrected chi connectivity index (χ1v) is 8.28. The van der Waals surface area contributed by atoms with Crippen molar-refractivity contribution >= 4 is 11.3 Å². The highest BCUT2D eigenvalue weighted by Gasteiger charge is 2.03. The molecule has 0 aliphatic rings. The Balaban J connectivity index is 1.70. The minimum atomic E-state index is 0.635. The van der Waals surface area contributed by atoms with Crippen molar-refractivity contribution in [2.24, 2.45) is 0 Å². The van der Waals surface area contributed by atoms with Crippen molar-refractivity contribution in [2.45, 2.75) is 26.8 Å². The zero-order chi connectivity index (χ0) is 14.9. The zero-order valence-corrected chi connectivity index (χ0v) is 13.5. The van der Waals surface area contributed by atoms with Crippen LogP contribution in [-0.2, 0) is 13.0 Å². The van der Waals surface area contributed by atoms with Gasteiger partial charge in [-0.2, -0.15) is 0 Å². The number of aryl methyl sites for hydroxylation is 1. The monoisotopic (exact) mass is 305 g/mol. The number of para-hydroxylation sites is 2. The molecule has 0 atom stereocenters. The largest absolute Gasteiger partial charge is 0.490 e. The fourth-order valence-corrected chi connectivity index (χ4v) is 2.92. The standard InChI is InChI=1S/C17H23NO2S/c1-3-14-9-10-15(21-14)13-18-11-12-20-17-8-6-5-7-16(17)19-4-2/h5-10,18H,3-4,11-13H2,1-2H3. The van der Waals surface area contributed by atoms with Gasteiger partial charge in [0.05, 0.1) is 6.61 Å². The van der Waals surface area contributed by atoms with E-state index in [9.17, 15) is 0 Å². The van der Waals surface area contributed by atoms with E-state index in [4.69, 9.17) is 9.47 Å². The molecule has 21 heavy (non-hydrogen) atoms. The van der Waals surface area contributed by atoms with Crippen LogP contribution < -0.4 is 14.8 Å². The average Bonchev–Trinajstić information content (AvgIpc) is 2.97. The first-order valence-electron chi connectivity index (χ1n) is 7.46. The summed E-state index contributed by atoms with van der Waals surface area (Å²) in [6.07, 6.45) is 1.11. The molecule has 114 valence electrons. The van der Waals surface area contributed by atoms with Crippen molar-refractivity contribution in [3.63, 3.8) is 0 Å². The molecule has 0 fully saturated rings. The molecule has 0 aliphatic carbocycles. The molecular formula is C17H23NO2S. The van der Waals surface area contributed by atoms with Crippen LogP contribution in [0.5, 0.6) is 11.5 Å². The molecule has 1 N–H and O–H groups in total. The van der Waals surface area contributed by atoms with Gasteiger partial charge in [0.15, 0.2) is 11.5 Å². The van der Waals surface area contributed by atoms with Gasteiger partial charge in [0.2, 0.25) is 0 Å². The minimum Gasteiger partial charge on any atom is -0.490 e. The predicted molar refractivity (Wildman–Crippen MR) is 88.5 cm³/mol. The van der Waals surface area contributed by atoms with E-state index in [-0.39, 0.29) is 0 Å². The molecule has 1 aromatic carbocycles. The Morgan fingerprint density at radius 1 is 0.952 bits per heavy atom. The Hall–Kier alpha value is -1.52. The van der Waals surface area contributed by atoms with Crippen molar-refractivity contribution in [1.29, 1.82) is 0 Å². The lowest BCUT2D eigenvalue weighted by molar-refractivity contribution is 0.276. The molecule has 3 nitrogen and oxygen atoms in total. The van der Waals surface area contributed by atoms with Gasteiger partial charge >= 0.3 is 0 Å². The molecule has 0 spiro atoms. The highest BCUT2D eigenvalue weighted by molar-refractivity contribution is 7.11. The Morgan fingerprint density at radius 2 is 1.67 bits per heavy atom. The molecule has 2 rings (SSSR count). The maximum atomic E-state index is 5.77. The number of rotatable bonds is 9. The van der Waals surface area contributed by atoms with E-state index in [1.807, 2.05) is 42.5 Å². The lowest BCUT2D eigenvalue weighted by atomic mass is 10.3. The van der Waals surface area contributed by atoms with Crippen molar-refractivity contribution in [3.05, 3.63) is 46.2 Å². The Labute approximate surface area is 130 Å². The fraction of sp³-hybridized carbons (Fsp3) is 0.412. The number of hydrogen-bond donors (Lipinski definition) is 1. The van der Waals surface area contributed by atoms with Crippen LogP contribution in [0.3, 0.4) is 0 Å². The fourth-order valence-electron chi connectivity index (χ4n) is 2.00. The molecule has 0 saturated carbocycles. The van der Waals surface area contributed by atoms with Gasteiger partial charge in [0.25, 0.3) is 0 Å².